The summed E-state index contributed by atoms with van der Waals surface area (Å²) in [6.45, 7) is 6.28. The number of thioether (sulfide) groups is 1. The maximum absolute atomic E-state index is 13.7. The number of aromatic nitrogens is 3. The van der Waals surface area contributed by atoms with E-state index in [9.17, 15) is 9.59 Å². The number of amides is 1. The van der Waals surface area contributed by atoms with Crippen molar-refractivity contribution >= 4 is 39.6 Å². The van der Waals surface area contributed by atoms with Gasteiger partial charge in [0.05, 0.1) is 24.7 Å². The average molecular weight is 449 g/mol. The van der Waals surface area contributed by atoms with Gasteiger partial charge < -0.3 is 14.6 Å². The quantitative estimate of drug-likeness (QED) is 0.382. The molecule has 0 saturated carbocycles. The summed E-state index contributed by atoms with van der Waals surface area (Å²) in [5, 5.41) is 1.41. The standard InChI is InChI=1S/C24H24N4O3S/c1-15-7-8-16(2)19(13-15)28-23(30)22-21(17-5-3-4-6-18(17)25-22)26-24(28)32-14-20(29)27-9-11-31-12-10-27/h3-8,13,25H,9-12,14H2,1-2H3. The molecule has 0 unspecified atom stereocenters. The number of fused-ring (bicyclic) bond motifs is 3. The smallest absolute Gasteiger partial charge is 0.283 e. The average Bonchev–Trinajstić information content (AvgIpc) is 3.19. The highest BCUT2D eigenvalue weighted by atomic mass is 32.2. The van der Waals surface area contributed by atoms with Gasteiger partial charge in [-0.2, -0.15) is 0 Å². The molecule has 2 aromatic heterocycles. The van der Waals surface area contributed by atoms with Gasteiger partial charge in [0.15, 0.2) is 5.16 Å². The Kier molecular flexibility index (Phi) is 5.48. The normalized spacial score (nSPS) is 14.4. The Morgan fingerprint density at radius 3 is 2.75 bits per heavy atom. The van der Waals surface area contributed by atoms with Crippen molar-refractivity contribution in [2.24, 2.45) is 0 Å². The maximum atomic E-state index is 13.7. The number of carbonyl (C=O) groups is 1. The Bertz CT molecular complexity index is 1390. The zero-order chi connectivity index (χ0) is 22.2. The van der Waals surface area contributed by atoms with Gasteiger partial charge in [-0.15, -0.1) is 0 Å². The Balaban J connectivity index is 1.64. The minimum Gasteiger partial charge on any atom is -0.378 e. The van der Waals surface area contributed by atoms with Gasteiger partial charge in [-0.1, -0.05) is 42.1 Å². The number of para-hydroxylation sites is 1. The van der Waals surface area contributed by atoms with E-state index in [4.69, 9.17) is 9.72 Å². The van der Waals surface area contributed by atoms with Crippen LogP contribution in [-0.2, 0) is 9.53 Å². The zero-order valence-electron chi connectivity index (χ0n) is 18.1. The van der Waals surface area contributed by atoms with Crippen molar-refractivity contribution in [1.82, 2.24) is 19.4 Å². The number of ether oxygens (including phenoxy) is 1. The van der Waals surface area contributed by atoms with Crippen LogP contribution in [0.4, 0.5) is 0 Å². The monoisotopic (exact) mass is 448 g/mol. The number of nitrogens with one attached hydrogen (secondary N) is 1. The molecule has 1 amide bonds. The summed E-state index contributed by atoms with van der Waals surface area (Å²) in [5.74, 6) is 0.240. The summed E-state index contributed by atoms with van der Waals surface area (Å²) >= 11 is 1.31. The third-order valence-electron chi connectivity index (χ3n) is 5.79. The van der Waals surface area contributed by atoms with Gasteiger partial charge in [0.25, 0.3) is 5.56 Å². The lowest BCUT2D eigenvalue weighted by Gasteiger charge is -2.26. The zero-order valence-corrected chi connectivity index (χ0v) is 18.9. The van der Waals surface area contributed by atoms with E-state index in [0.29, 0.717) is 42.5 Å². The first kappa shape index (κ1) is 20.8. The van der Waals surface area contributed by atoms with Crippen LogP contribution in [0.2, 0.25) is 0 Å². The molecule has 1 saturated heterocycles. The summed E-state index contributed by atoms with van der Waals surface area (Å²) in [6, 6.07) is 13.8. The van der Waals surface area contributed by atoms with E-state index in [2.05, 4.69) is 4.98 Å². The molecule has 32 heavy (non-hydrogen) atoms. The molecule has 4 aromatic rings. The van der Waals surface area contributed by atoms with Crippen molar-refractivity contribution in [1.29, 1.82) is 0 Å². The van der Waals surface area contributed by atoms with Crippen LogP contribution in [0.5, 0.6) is 0 Å². The lowest BCUT2D eigenvalue weighted by molar-refractivity contribution is -0.132. The number of rotatable bonds is 4. The number of H-pyrrole nitrogens is 1. The van der Waals surface area contributed by atoms with Gasteiger partial charge in [0.2, 0.25) is 5.91 Å². The van der Waals surface area contributed by atoms with Gasteiger partial charge in [-0.3, -0.25) is 14.2 Å². The molecule has 164 valence electrons. The summed E-state index contributed by atoms with van der Waals surface area (Å²) in [5.41, 5.74) is 4.60. The number of nitrogens with zero attached hydrogens (tertiary/aromatic N) is 3. The Morgan fingerprint density at radius 1 is 1.16 bits per heavy atom. The summed E-state index contributed by atoms with van der Waals surface area (Å²) in [7, 11) is 0. The SMILES string of the molecule is Cc1ccc(C)c(-n2c(SCC(=O)N3CCOCC3)nc3c([nH]c4ccccc43)c2=O)c1. The molecule has 8 heteroatoms. The lowest BCUT2D eigenvalue weighted by Crippen LogP contribution is -2.41. The number of hydrogen-bond donors (Lipinski definition) is 1. The molecule has 1 fully saturated rings. The van der Waals surface area contributed by atoms with E-state index in [1.165, 1.54) is 11.8 Å². The predicted molar refractivity (Wildman–Crippen MR) is 127 cm³/mol. The predicted octanol–water partition coefficient (Wildman–Crippen LogP) is 3.43. The van der Waals surface area contributed by atoms with Crippen molar-refractivity contribution in [3.8, 4) is 5.69 Å². The molecule has 1 aliphatic rings. The summed E-state index contributed by atoms with van der Waals surface area (Å²) in [6.07, 6.45) is 0. The van der Waals surface area contributed by atoms with Crippen LogP contribution in [0.1, 0.15) is 11.1 Å². The Labute approximate surface area is 189 Å². The number of morpholine rings is 1. The number of carbonyl (C=O) groups excluding carboxylic acids is 1. The Hall–Kier alpha value is -3.10. The molecular formula is C24H24N4O3S. The van der Waals surface area contributed by atoms with Crippen molar-refractivity contribution in [2.45, 2.75) is 19.0 Å². The highest BCUT2D eigenvalue weighted by Crippen LogP contribution is 2.27. The third kappa shape index (κ3) is 3.69. The molecule has 1 aliphatic heterocycles. The van der Waals surface area contributed by atoms with Crippen LogP contribution >= 0.6 is 11.8 Å². The second kappa shape index (κ2) is 8.44. The highest BCUT2D eigenvalue weighted by Gasteiger charge is 2.21. The first-order chi connectivity index (χ1) is 15.5. The molecule has 3 heterocycles. The third-order valence-corrected chi connectivity index (χ3v) is 6.71. The fourth-order valence-electron chi connectivity index (χ4n) is 4.04. The fraction of sp³-hybridized carbons (Fsp3) is 0.292. The number of hydrogen-bond acceptors (Lipinski definition) is 5. The number of aryl methyl sites for hydroxylation is 2. The van der Waals surface area contributed by atoms with E-state index >= 15 is 0 Å². The minimum absolute atomic E-state index is 0.0269. The summed E-state index contributed by atoms with van der Waals surface area (Å²) < 4.78 is 6.98. The maximum Gasteiger partial charge on any atom is 0.283 e. The van der Waals surface area contributed by atoms with Crippen molar-refractivity contribution < 1.29 is 9.53 Å². The van der Waals surface area contributed by atoms with Gasteiger partial charge in [-0.05, 0) is 37.1 Å². The largest absolute Gasteiger partial charge is 0.378 e. The van der Waals surface area contributed by atoms with Crippen LogP contribution in [0.25, 0.3) is 27.6 Å². The molecule has 0 spiro atoms. The fourth-order valence-corrected chi connectivity index (χ4v) is 4.94. The topological polar surface area (TPSA) is 80.2 Å². The van der Waals surface area contributed by atoms with E-state index in [1.54, 1.807) is 9.47 Å². The van der Waals surface area contributed by atoms with Crippen LogP contribution in [0, 0.1) is 13.8 Å². The van der Waals surface area contributed by atoms with E-state index < -0.39 is 0 Å². The lowest BCUT2D eigenvalue weighted by atomic mass is 10.1. The van der Waals surface area contributed by atoms with Gasteiger partial charge in [0.1, 0.15) is 11.0 Å². The van der Waals surface area contributed by atoms with Crippen molar-refractivity contribution in [3.63, 3.8) is 0 Å². The van der Waals surface area contributed by atoms with Crippen LogP contribution in [0.3, 0.4) is 0 Å². The van der Waals surface area contributed by atoms with E-state index in [-0.39, 0.29) is 17.2 Å². The Morgan fingerprint density at radius 2 is 1.94 bits per heavy atom. The number of aromatic amines is 1. The molecule has 0 radical (unpaired) electrons. The molecule has 0 aliphatic carbocycles. The van der Waals surface area contributed by atoms with Crippen molar-refractivity contribution in [2.75, 3.05) is 32.1 Å². The van der Waals surface area contributed by atoms with Gasteiger partial charge >= 0.3 is 0 Å². The van der Waals surface area contributed by atoms with Gasteiger partial charge in [-0.25, -0.2) is 4.98 Å². The van der Waals surface area contributed by atoms with Crippen LogP contribution in [0.15, 0.2) is 52.4 Å². The molecule has 5 rings (SSSR count). The van der Waals surface area contributed by atoms with E-state index in [0.717, 1.165) is 27.7 Å². The van der Waals surface area contributed by atoms with Crippen LogP contribution < -0.4 is 5.56 Å². The molecule has 0 atom stereocenters. The second-order valence-corrected chi connectivity index (χ2v) is 8.94. The first-order valence-electron chi connectivity index (χ1n) is 10.6. The highest BCUT2D eigenvalue weighted by molar-refractivity contribution is 7.99. The molecule has 0 bridgehead atoms. The summed E-state index contributed by atoms with van der Waals surface area (Å²) in [4.78, 5) is 36.4. The van der Waals surface area contributed by atoms with Crippen LogP contribution in [-0.4, -0.2) is 57.4 Å². The van der Waals surface area contributed by atoms with Crippen molar-refractivity contribution in [3.05, 3.63) is 63.9 Å². The second-order valence-electron chi connectivity index (χ2n) is 8.00. The molecule has 2 aromatic carbocycles. The minimum atomic E-state index is -0.166. The molecule has 1 N–H and O–H groups in total. The molecule has 7 nitrogen and oxygen atoms in total. The molecular weight excluding hydrogens is 424 g/mol. The number of benzene rings is 2. The van der Waals surface area contributed by atoms with E-state index in [1.807, 2.05) is 56.3 Å². The first-order valence-corrected chi connectivity index (χ1v) is 11.6. The van der Waals surface area contributed by atoms with Gasteiger partial charge in [0, 0.05) is 24.0 Å².